The number of ether oxygens (including phenoxy) is 1. The number of alkyl carbamates (subject to hydrolysis) is 1. The maximum Gasteiger partial charge on any atom is 0.408 e. The second kappa shape index (κ2) is 15.6. The van der Waals surface area contributed by atoms with Gasteiger partial charge in [-0.2, -0.15) is 0 Å². The van der Waals surface area contributed by atoms with Gasteiger partial charge < -0.3 is 20.3 Å². The molecule has 2 N–H and O–H groups in total. The van der Waals surface area contributed by atoms with Crippen molar-refractivity contribution in [1.82, 2.24) is 15.5 Å². The van der Waals surface area contributed by atoms with Crippen LogP contribution in [0.2, 0.25) is 0 Å². The molecule has 1 aromatic carbocycles. The van der Waals surface area contributed by atoms with E-state index in [1.165, 1.54) is 0 Å². The summed E-state index contributed by atoms with van der Waals surface area (Å²) in [5, 5.41) is 5.87. The fraction of sp³-hybridized carbons (Fsp3) is 0.700. The summed E-state index contributed by atoms with van der Waals surface area (Å²) in [4.78, 5) is 42.2. The number of carbonyl (C=O) groups is 3. The molecule has 0 saturated carbocycles. The number of unbranched alkanes of at least 4 members (excludes halogenated alkanes) is 4. The van der Waals surface area contributed by atoms with E-state index >= 15 is 0 Å². The lowest BCUT2D eigenvalue weighted by molar-refractivity contribution is -0.143. The number of rotatable bonds is 14. The van der Waals surface area contributed by atoms with E-state index in [0.717, 1.165) is 55.2 Å². The monoisotopic (exact) mass is 517 g/mol. The van der Waals surface area contributed by atoms with E-state index in [0.29, 0.717) is 13.1 Å². The maximum atomic E-state index is 14.1. The Morgan fingerprint density at radius 2 is 1.59 bits per heavy atom. The Labute approximate surface area is 225 Å². The first-order valence-electron chi connectivity index (χ1n) is 14.0. The van der Waals surface area contributed by atoms with E-state index in [1.807, 2.05) is 45.9 Å². The lowest BCUT2D eigenvalue weighted by Gasteiger charge is -2.36. The molecule has 0 fully saturated rings. The van der Waals surface area contributed by atoms with Crippen LogP contribution in [-0.4, -0.2) is 47.5 Å². The van der Waals surface area contributed by atoms with Gasteiger partial charge in [0.05, 0.1) is 0 Å². The molecule has 0 aliphatic rings. The molecule has 0 radical (unpaired) electrons. The van der Waals surface area contributed by atoms with Crippen molar-refractivity contribution in [2.75, 3.05) is 13.1 Å². The van der Waals surface area contributed by atoms with Gasteiger partial charge in [-0.15, -0.1) is 0 Å². The molecule has 2 atom stereocenters. The van der Waals surface area contributed by atoms with Crippen LogP contribution in [0.5, 0.6) is 0 Å². The predicted octanol–water partition coefficient (Wildman–Crippen LogP) is 6.22. The van der Waals surface area contributed by atoms with Gasteiger partial charge in [0.2, 0.25) is 11.8 Å². The van der Waals surface area contributed by atoms with Crippen LogP contribution >= 0.6 is 0 Å². The Morgan fingerprint density at radius 3 is 2.16 bits per heavy atom. The quantitative estimate of drug-likeness (QED) is 0.287. The van der Waals surface area contributed by atoms with Gasteiger partial charge in [-0.25, -0.2) is 4.79 Å². The zero-order chi connectivity index (χ0) is 28.2. The van der Waals surface area contributed by atoms with Crippen LogP contribution in [0.25, 0.3) is 0 Å². The highest BCUT2D eigenvalue weighted by molar-refractivity contribution is 5.92. The Hall–Kier alpha value is -2.57. The fourth-order valence-corrected chi connectivity index (χ4v) is 4.21. The number of carbonyl (C=O) groups excluding carboxylic acids is 3. The number of amides is 3. The second-order valence-corrected chi connectivity index (χ2v) is 11.4. The average Bonchev–Trinajstić information content (AvgIpc) is 2.80. The van der Waals surface area contributed by atoms with Crippen molar-refractivity contribution < 1.29 is 19.1 Å². The SMILES string of the molecule is CCCCCNC(=O)C(c1cc(C)ccc1C)N(CCCCC)C(=O)C(NC(=O)OC(C)(C)C)C(C)C. The van der Waals surface area contributed by atoms with Crippen molar-refractivity contribution in [2.45, 2.75) is 119 Å². The summed E-state index contributed by atoms with van der Waals surface area (Å²) < 4.78 is 5.45. The molecule has 0 spiro atoms. The third-order valence-electron chi connectivity index (χ3n) is 6.26. The lowest BCUT2D eigenvalue weighted by atomic mass is 9.94. The molecule has 0 bridgehead atoms. The predicted molar refractivity (Wildman–Crippen MR) is 150 cm³/mol. The second-order valence-electron chi connectivity index (χ2n) is 11.4. The topological polar surface area (TPSA) is 87.7 Å². The fourth-order valence-electron chi connectivity index (χ4n) is 4.21. The molecule has 210 valence electrons. The zero-order valence-electron chi connectivity index (χ0n) is 24.7. The Balaban J connectivity index is 3.48. The molecule has 7 heteroatoms. The highest BCUT2D eigenvalue weighted by Gasteiger charge is 2.37. The number of nitrogens with zero attached hydrogens (tertiary/aromatic N) is 1. The summed E-state index contributed by atoms with van der Waals surface area (Å²) in [6, 6.07) is 4.40. The summed E-state index contributed by atoms with van der Waals surface area (Å²) in [5.41, 5.74) is 2.11. The van der Waals surface area contributed by atoms with E-state index in [4.69, 9.17) is 4.74 Å². The van der Waals surface area contributed by atoms with Crippen molar-refractivity contribution in [3.8, 4) is 0 Å². The molecule has 7 nitrogen and oxygen atoms in total. The van der Waals surface area contributed by atoms with Gasteiger partial charge in [0.25, 0.3) is 0 Å². The summed E-state index contributed by atoms with van der Waals surface area (Å²) in [5.74, 6) is -0.651. The Morgan fingerprint density at radius 1 is 0.973 bits per heavy atom. The number of nitrogens with one attached hydrogen (secondary N) is 2. The first-order chi connectivity index (χ1) is 17.3. The molecule has 2 unspecified atom stereocenters. The van der Waals surface area contributed by atoms with Crippen LogP contribution in [-0.2, 0) is 14.3 Å². The number of hydrogen-bond acceptors (Lipinski definition) is 4. The van der Waals surface area contributed by atoms with Crippen molar-refractivity contribution in [2.24, 2.45) is 5.92 Å². The number of hydrogen-bond donors (Lipinski definition) is 2. The van der Waals surface area contributed by atoms with E-state index in [2.05, 4.69) is 24.5 Å². The molecule has 0 aliphatic heterocycles. The van der Waals surface area contributed by atoms with Gasteiger partial charge in [0, 0.05) is 13.1 Å². The van der Waals surface area contributed by atoms with Crippen LogP contribution in [0, 0.1) is 19.8 Å². The first kappa shape index (κ1) is 32.5. The molecule has 1 aromatic rings. The summed E-state index contributed by atoms with van der Waals surface area (Å²) in [6.45, 7) is 18.3. The molecule has 3 amide bonds. The minimum atomic E-state index is -0.822. The Bertz CT molecular complexity index is 876. The van der Waals surface area contributed by atoms with Crippen molar-refractivity contribution in [1.29, 1.82) is 0 Å². The highest BCUT2D eigenvalue weighted by atomic mass is 16.6. The number of aryl methyl sites for hydroxylation is 2. The van der Waals surface area contributed by atoms with Crippen LogP contribution in [0.4, 0.5) is 4.79 Å². The molecular weight excluding hydrogens is 466 g/mol. The van der Waals surface area contributed by atoms with Crippen molar-refractivity contribution >= 4 is 17.9 Å². The maximum absolute atomic E-state index is 14.1. The van der Waals surface area contributed by atoms with Crippen LogP contribution in [0.1, 0.15) is 110 Å². The minimum absolute atomic E-state index is 0.186. The minimum Gasteiger partial charge on any atom is -0.444 e. The normalized spacial score (nSPS) is 13.1. The Kier molecular flexibility index (Phi) is 13.7. The van der Waals surface area contributed by atoms with E-state index < -0.39 is 23.8 Å². The third kappa shape index (κ3) is 11.1. The van der Waals surface area contributed by atoms with Gasteiger partial charge in [-0.1, -0.05) is 77.1 Å². The number of benzene rings is 1. The lowest BCUT2D eigenvalue weighted by Crippen LogP contribution is -2.55. The summed E-state index contributed by atoms with van der Waals surface area (Å²) in [7, 11) is 0. The average molecular weight is 518 g/mol. The van der Waals surface area contributed by atoms with Crippen LogP contribution in [0.3, 0.4) is 0 Å². The molecule has 1 rings (SSSR count). The van der Waals surface area contributed by atoms with Crippen LogP contribution in [0.15, 0.2) is 18.2 Å². The van der Waals surface area contributed by atoms with Gasteiger partial charge in [0.1, 0.15) is 17.7 Å². The molecule has 37 heavy (non-hydrogen) atoms. The van der Waals surface area contributed by atoms with E-state index in [-0.39, 0.29) is 17.7 Å². The van der Waals surface area contributed by atoms with E-state index in [9.17, 15) is 14.4 Å². The standard InChI is InChI=1S/C30H51N3O4/c1-10-12-14-18-31-27(34)26(24-20-22(5)16-17-23(24)6)33(19-15-13-11-2)28(35)25(21(3)4)32-29(36)37-30(7,8)9/h16-17,20-21,25-26H,10-15,18-19H2,1-9H3,(H,31,34)(H,32,36). The van der Waals surface area contributed by atoms with Crippen LogP contribution < -0.4 is 10.6 Å². The zero-order valence-corrected chi connectivity index (χ0v) is 24.7. The first-order valence-corrected chi connectivity index (χ1v) is 14.0. The van der Waals surface area contributed by atoms with Crippen molar-refractivity contribution in [3.63, 3.8) is 0 Å². The largest absolute Gasteiger partial charge is 0.444 e. The van der Waals surface area contributed by atoms with E-state index in [1.54, 1.807) is 25.7 Å². The highest BCUT2D eigenvalue weighted by Crippen LogP contribution is 2.28. The third-order valence-corrected chi connectivity index (χ3v) is 6.26. The molecule has 0 saturated heterocycles. The van der Waals surface area contributed by atoms with Gasteiger partial charge in [-0.05, 0) is 64.5 Å². The molecular formula is C30H51N3O4. The molecule has 0 aliphatic carbocycles. The van der Waals surface area contributed by atoms with Crippen molar-refractivity contribution in [3.05, 3.63) is 34.9 Å². The van der Waals surface area contributed by atoms with Gasteiger partial charge in [-0.3, -0.25) is 9.59 Å². The summed E-state index contributed by atoms with van der Waals surface area (Å²) >= 11 is 0. The molecule has 0 heterocycles. The smallest absolute Gasteiger partial charge is 0.408 e. The van der Waals surface area contributed by atoms with Gasteiger partial charge >= 0.3 is 6.09 Å². The molecule has 0 aromatic heterocycles. The van der Waals surface area contributed by atoms with Gasteiger partial charge in [0.15, 0.2) is 0 Å². The summed E-state index contributed by atoms with van der Waals surface area (Å²) in [6.07, 6.45) is 5.04.